The van der Waals surface area contributed by atoms with Crippen molar-refractivity contribution in [3.63, 3.8) is 0 Å². The highest BCUT2D eigenvalue weighted by atomic mass is 16.7. The Bertz CT molecular complexity index is 278. The number of fused-ring (bicyclic) bond motifs is 2. The Hall–Kier alpha value is -0.830. The molecule has 2 atom stereocenters. The van der Waals surface area contributed by atoms with Gasteiger partial charge in [0.2, 0.25) is 0 Å². The van der Waals surface area contributed by atoms with Crippen LogP contribution in [0.1, 0.15) is 33.6 Å². The van der Waals surface area contributed by atoms with Crippen molar-refractivity contribution >= 4 is 5.91 Å². The third kappa shape index (κ3) is 1.57. The quantitative estimate of drug-likeness (QED) is 0.552. The monoisotopic (exact) mass is 195 g/mol. The maximum absolute atomic E-state index is 12.0. The molecule has 3 aliphatic rings. The van der Waals surface area contributed by atoms with E-state index < -0.39 is 0 Å². The number of hydrogen-bond acceptors (Lipinski definition) is 2. The van der Waals surface area contributed by atoms with Crippen LogP contribution in [0.4, 0.5) is 0 Å². The first kappa shape index (κ1) is 9.71. The molecular weight excluding hydrogens is 178 g/mol. The molecule has 14 heavy (non-hydrogen) atoms. The van der Waals surface area contributed by atoms with Gasteiger partial charge in [0.25, 0.3) is 5.91 Å². The average molecular weight is 195 g/mol. The molecule has 3 rings (SSSR count). The summed E-state index contributed by atoms with van der Waals surface area (Å²) in [4.78, 5) is 17.5. The number of hydrogen-bond donors (Lipinski definition) is 0. The minimum atomic E-state index is -0.356. The van der Waals surface area contributed by atoms with Gasteiger partial charge in [0.05, 0.1) is 6.04 Å². The molecule has 3 heteroatoms. The molecule has 3 nitrogen and oxygen atoms in total. The highest BCUT2D eigenvalue weighted by Gasteiger charge is 2.38. The molecule has 78 valence electrons. The Morgan fingerprint density at radius 1 is 1.36 bits per heavy atom. The minimum Gasteiger partial charge on any atom is -0.272 e. The maximum atomic E-state index is 12.0. The van der Waals surface area contributed by atoms with Crippen LogP contribution in [0.2, 0.25) is 0 Å². The molecule has 2 aliphatic heterocycles. The van der Waals surface area contributed by atoms with Crippen molar-refractivity contribution in [2.75, 3.05) is 0 Å². The molecule has 0 radical (unpaired) electrons. The van der Waals surface area contributed by atoms with Gasteiger partial charge in [0.1, 0.15) is 6.10 Å². The fourth-order valence-electron chi connectivity index (χ4n) is 1.82. The first-order valence-electron chi connectivity index (χ1n) is 5.17. The summed E-state index contributed by atoms with van der Waals surface area (Å²) in [6, 6.07) is 0.159. The van der Waals surface area contributed by atoms with Gasteiger partial charge in [-0.3, -0.25) is 9.63 Å². The van der Waals surface area contributed by atoms with Gasteiger partial charge in [-0.2, -0.15) is 0 Å². The molecule has 0 saturated carbocycles. The van der Waals surface area contributed by atoms with Crippen molar-refractivity contribution in [2.24, 2.45) is 5.41 Å². The van der Waals surface area contributed by atoms with Crippen molar-refractivity contribution in [3.05, 3.63) is 12.2 Å². The van der Waals surface area contributed by atoms with Gasteiger partial charge in [-0.05, 0) is 12.8 Å². The Balaban J connectivity index is 2.14. The fourth-order valence-corrected chi connectivity index (χ4v) is 1.82. The molecule has 1 aliphatic carbocycles. The maximum Gasteiger partial charge on any atom is 0.252 e. The predicted octanol–water partition coefficient (Wildman–Crippen LogP) is 1.89. The van der Waals surface area contributed by atoms with Gasteiger partial charge in [-0.1, -0.05) is 32.9 Å². The second kappa shape index (κ2) is 3.09. The number of carbonyl (C=O) groups is 1. The molecule has 2 unspecified atom stereocenters. The molecule has 1 fully saturated rings. The van der Waals surface area contributed by atoms with Gasteiger partial charge in [-0.25, -0.2) is 5.06 Å². The average Bonchev–Trinajstić information content (AvgIpc) is 2.17. The molecule has 2 bridgehead atoms. The van der Waals surface area contributed by atoms with Crippen molar-refractivity contribution in [3.8, 4) is 0 Å². The van der Waals surface area contributed by atoms with Crippen LogP contribution < -0.4 is 0 Å². The van der Waals surface area contributed by atoms with E-state index in [2.05, 4.69) is 12.2 Å². The number of hydroxylamine groups is 2. The van der Waals surface area contributed by atoms with Crippen molar-refractivity contribution in [1.82, 2.24) is 5.06 Å². The van der Waals surface area contributed by atoms with E-state index in [1.54, 1.807) is 5.06 Å². The van der Waals surface area contributed by atoms with Crippen LogP contribution in [0.15, 0.2) is 12.2 Å². The van der Waals surface area contributed by atoms with Gasteiger partial charge in [0, 0.05) is 5.41 Å². The molecule has 0 N–H and O–H groups in total. The second-order valence-corrected chi connectivity index (χ2v) is 5.05. The largest absolute Gasteiger partial charge is 0.272 e. The Kier molecular flexibility index (Phi) is 2.14. The van der Waals surface area contributed by atoms with E-state index in [-0.39, 0.29) is 23.5 Å². The molecule has 0 aromatic rings. The summed E-state index contributed by atoms with van der Waals surface area (Å²) in [5.74, 6) is 0.0801. The third-order valence-electron chi connectivity index (χ3n) is 2.69. The summed E-state index contributed by atoms with van der Waals surface area (Å²) in [7, 11) is 0. The molecular formula is C11H17NO2. The summed E-state index contributed by atoms with van der Waals surface area (Å²) in [5.41, 5.74) is -0.356. The van der Waals surface area contributed by atoms with E-state index in [1.807, 2.05) is 20.8 Å². The van der Waals surface area contributed by atoms with E-state index >= 15 is 0 Å². The van der Waals surface area contributed by atoms with Crippen molar-refractivity contribution in [2.45, 2.75) is 45.8 Å². The smallest absolute Gasteiger partial charge is 0.252 e. The Labute approximate surface area is 84.7 Å². The van der Waals surface area contributed by atoms with Gasteiger partial charge in [0.15, 0.2) is 0 Å². The number of amides is 1. The highest BCUT2D eigenvalue weighted by Crippen LogP contribution is 2.31. The van der Waals surface area contributed by atoms with Crippen LogP contribution in [0, 0.1) is 5.41 Å². The van der Waals surface area contributed by atoms with Crippen molar-refractivity contribution in [1.29, 1.82) is 0 Å². The zero-order valence-corrected chi connectivity index (χ0v) is 8.99. The van der Waals surface area contributed by atoms with Crippen LogP contribution >= 0.6 is 0 Å². The molecule has 1 amide bonds. The van der Waals surface area contributed by atoms with Crippen LogP contribution in [0.3, 0.4) is 0 Å². The summed E-state index contributed by atoms with van der Waals surface area (Å²) < 4.78 is 0. The summed E-state index contributed by atoms with van der Waals surface area (Å²) in [6.45, 7) is 5.76. The third-order valence-corrected chi connectivity index (χ3v) is 2.69. The van der Waals surface area contributed by atoms with E-state index in [1.165, 1.54) is 0 Å². The Morgan fingerprint density at radius 3 is 2.43 bits per heavy atom. The molecule has 2 heterocycles. The van der Waals surface area contributed by atoms with E-state index in [4.69, 9.17) is 4.84 Å². The summed E-state index contributed by atoms with van der Waals surface area (Å²) >= 11 is 0. The zero-order chi connectivity index (χ0) is 10.3. The highest BCUT2D eigenvalue weighted by molar-refractivity contribution is 5.81. The lowest BCUT2D eigenvalue weighted by Crippen LogP contribution is -2.52. The normalized spacial score (nSPS) is 30.9. The predicted molar refractivity (Wildman–Crippen MR) is 53.3 cm³/mol. The van der Waals surface area contributed by atoms with E-state index in [0.717, 1.165) is 12.8 Å². The summed E-state index contributed by atoms with van der Waals surface area (Å²) in [6.07, 6.45) is 6.33. The number of carbonyl (C=O) groups excluding carboxylic acids is 1. The molecule has 0 aromatic heterocycles. The van der Waals surface area contributed by atoms with E-state index in [0.29, 0.717) is 0 Å². The first-order valence-corrected chi connectivity index (χ1v) is 5.17. The van der Waals surface area contributed by atoms with Gasteiger partial charge >= 0.3 is 0 Å². The van der Waals surface area contributed by atoms with Gasteiger partial charge in [-0.15, -0.1) is 0 Å². The summed E-state index contributed by atoms with van der Waals surface area (Å²) in [5, 5.41) is 1.56. The topological polar surface area (TPSA) is 29.5 Å². The minimum absolute atomic E-state index is 0.0801. The molecule has 0 spiro atoms. The lowest BCUT2D eigenvalue weighted by Gasteiger charge is -2.42. The molecule has 0 aromatic carbocycles. The zero-order valence-electron chi connectivity index (χ0n) is 8.99. The first-order chi connectivity index (χ1) is 6.48. The Morgan fingerprint density at radius 2 is 2.07 bits per heavy atom. The fraction of sp³-hybridized carbons (Fsp3) is 0.727. The number of nitrogens with zero attached hydrogens (tertiary/aromatic N) is 1. The lowest BCUT2D eigenvalue weighted by molar-refractivity contribution is -0.236. The van der Waals surface area contributed by atoms with Crippen LogP contribution in [0.25, 0.3) is 0 Å². The van der Waals surface area contributed by atoms with Gasteiger partial charge < -0.3 is 0 Å². The van der Waals surface area contributed by atoms with E-state index in [9.17, 15) is 4.79 Å². The van der Waals surface area contributed by atoms with Crippen LogP contribution in [0.5, 0.6) is 0 Å². The van der Waals surface area contributed by atoms with Crippen LogP contribution in [-0.2, 0) is 9.63 Å². The standard InChI is InChI=1S/C11H17NO2/c1-11(2,3)10(13)12-8-4-6-9(14-12)7-5-8/h4,6,8-9H,5,7H2,1-3H3. The second-order valence-electron chi connectivity index (χ2n) is 5.05. The SMILES string of the molecule is CC(C)(C)C(=O)N1OC2C=CC1CC2. The van der Waals surface area contributed by atoms with Crippen molar-refractivity contribution < 1.29 is 9.63 Å². The lowest BCUT2D eigenvalue weighted by atomic mass is 9.92. The van der Waals surface area contributed by atoms with Crippen LogP contribution in [-0.4, -0.2) is 23.1 Å². The molecule has 1 saturated heterocycles. The number of rotatable bonds is 0.